The Kier molecular flexibility index (Phi) is 5.82. The van der Waals surface area contributed by atoms with E-state index in [0.29, 0.717) is 18.1 Å². The number of piperidine rings is 1. The molecule has 0 radical (unpaired) electrons. The van der Waals surface area contributed by atoms with Gasteiger partial charge in [0.05, 0.1) is 5.52 Å². The van der Waals surface area contributed by atoms with E-state index in [1.165, 1.54) is 12.1 Å². The smallest absolute Gasteiger partial charge is 0.290 e. The number of fused-ring (bicyclic) bond motifs is 1. The molecule has 4 rings (SSSR count). The second kappa shape index (κ2) is 8.52. The zero-order valence-corrected chi connectivity index (χ0v) is 17.5. The fourth-order valence-corrected chi connectivity index (χ4v) is 4.28. The highest BCUT2D eigenvalue weighted by Crippen LogP contribution is 2.33. The highest BCUT2D eigenvalue weighted by Gasteiger charge is 2.28. The zero-order chi connectivity index (χ0) is 21.3. The van der Waals surface area contributed by atoms with Gasteiger partial charge in [0.1, 0.15) is 5.82 Å². The molecule has 3 aromatic rings. The van der Waals surface area contributed by atoms with Crippen molar-refractivity contribution in [1.29, 1.82) is 0 Å². The molecular weight excluding hydrogens is 403 g/mol. The number of ketones is 1. The van der Waals surface area contributed by atoms with Crippen LogP contribution < -0.4 is 0 Å². The summed E-state index contributed by atoms with van der Waals surface area (Å²) in [6.45, 7) is 2.90. The van der Waals surface area contributed by atoms with Crippen LogP contribution in [0.15, 0.2) is 48.7 Å². The molecule has 1 aliphatic heterocycles. The Morgan fingerprint density at radius 1 is 1.13 bits per heavy atom. The number of nitrogens with zero attached hydrogens (tertiary/aromatic N) is 2. The third-order valence-electron chi connectivity index (χ3n) is 5.80. The number of amides is 1. The van der Waals surface area contributed by atoms with Crippen molar-refractivity contribution < 1.29 is 14.0 Å². The number of carbonyl (C=O) groups is 2. The number of hydrogen-bond acceptors (Lipinski definition) is 3. The number of aryl methyl sites for hydroxylation is 1. The SMILES string of the molecule is Cc1ccc(CC(=O)C(=O)N2CCC(c3ccnc4ccc(F)cc34)CC2)cc1Cl. The lowest BCUT2D eigenvalue weighted by molar-refractivity contribution is -0.145. The van der Waals surface area contributed by atoms with Gasteiger partial charge in [-0.15, -0.1) is 0 Å². The van der Waals surface area contributed by atoms with Crippen LogP contribution in [-0.4, -0.2) is 34.7 Å². The molecule has 0 unspecified atom stereocenters. The van der Waals surface area contributed by atoms with E-state index in [0.717, 1.165) is 40.4 Å². The van der Waals surface area contributed by atoms with Gasteiger partial charge in [-0.1, -0.05) is 23.7 Å². The minimum atomic E-state index is -0.448. The van der Waals surface area contributed by atoms with Crippen molar-refractivity contribution >= 4 is 34.2 Å². The Balaban J connectivity index is 1.42. The van der Waals surface area contributed by atoms with Gasteiger partial charge in [0, 0.05) is 36.1 Å². The van der Waals surface area contributed by atoms with E-state index in [9.17, 15) is 14.0 Å². The normalized spacial score (nSPS) is 14.8. The number of Topliss-reactive ketones (excluding diaryl/α,β-unsaturated/α-hetero) is 1. The van der Waals surface area contributed by atoms with Crippen LogP contribution in [0.4, 0.5) is 4.39 Å². The molecule has 0 atom stereocenters. The molecule has 30 heavy (non-hydrogen) atoms. The van der Waals surface area contributed by atoms with Crippen LogP contribution in [0.5, 0.6) is 0 Å². The second-order valence-corrected chi connectivity index (χ2v) is 8.22. The molecule has 2 heterocycles. The monoisotopic (exact) mass is 424 g/mol. The van der Waals surface area contributed by atoms with Crippen LogP contribution in [0.25, 0.3) is 10.9 Å². The highest BCUT2D eigenvalue weighted by molar-refractivity contribution is 6.36. The molecule has 0 spiro atoms. The Morgan fingerprint density at radius 3 is 2.63 bits per heavy atom. The van der Waals surface area contributed by atoms with E-state index in [1.807, 2.05) is 25.1 Å². The lowest BCUT2D eigenvalue weighted by Crippen LogP contribution is -2.42. The van der Waals surface area contributed by atoms with Gasteiger partial charge in [0.25, 0.3) is 5.91 Å². The molecule has 6 heteroatoms. The van der Waals surface area contributed by atoms with Crippen molar-refractivity contribution in [2.24, 2.45) is 0 Å². The third-order valence-corrected chi connectivity index (χ3v) is 6.21. The quantitative estimate of drug-likeness (QED) is 0.562. The summed E-state index contributed by atoms with van der Waals surface area (Å²) in [7, 11) is 0. The summed E-state index contributed by atoms with van der Waals surface area (Å²) in [5.41, 5.74) is 3.49. The summed E-state index contributed by atoms with van der Waals surface area (Å²) in [4.78, 5) is 31.1. The maximum Gasteiger partial charge on any atom is 0.290 e. The minimum Gasteiger partial charge on any atom is -0.336 e. The van der Waals surface area contributed by atoms with Gasteiger partial charge in [-0.3, -0.25) is 14.6 Å². The first-order valence-corrected chi connectivity index (χ1v) is 10.4. The number of likely N-dealkylation sites (tertiary alicyclic amines) is 1. The molecule has 2 aromatic carbocycles. The Hall–Kier alpha value is -2.79. The van der Waals surface area contributed by atoms with Crippen LogP contribution in [0.1, 0.15) is 35.4 Å². The number of benzene rings is 2. The fraction of sp³-hybridized carbons (Fsp3) is 0.292. The Bertz CT molecular complexity index is 1120. The van der Waals surface area contributed by atoms with E-state index in [4.69, 9.17) is 11.6 Å². The van der Waals surface area contributed by atoms with Gasteiger partial charge < -0.3 is 4.90 Å². The maximum atomic E-state index is 13.7. The predicted octanol–water partition coefficient (Wildman–Crippen LogP) is 4.85. The van der Waals surface area contributed by atoms with Gasteiger partial charge in [-0.2, -0.15) is 0 Å². The summed E-state index contributed by atoms with van der Waals surface area (Å²) in [5.74, 6) is -0.959. The van der Waals surface area contributed by atoms with Crippen molar-refractivity contribution in [2.45, 2.75) is 32.1 Å². The molecule has 1 aliphatic rings. The first-order valence-electron chi connectivity index (χ1n) is 10.0. The van der Waals surface area contributed by atoms with Gasteiger partial charge in [-0.25, -0.2) is 4.39 Å². The standard InChI is InChI=1S/C24H22ClFN2O2/c1-15-2-3-16(12-21(15)25)13-23(29)24(30)28-10-7-17(8-11-28)19-6-9-27-22-5-4-18(26)14-20(19)22/h2-6,9,12,14,17H,7-8,10-11,13H2,1H3. The average Bonchev–Trinajstić information content (AvgIpc) is 2.75. The van der Waals surface area contributed by atoms with Crippen LogP contribution in [0, 0.1) is 12.7 Å². The first-order chi connectivity index (χ1) is 14.4. The molecule has 4 nitrogen and oxygen atoms in total. The number of carbonyl (C=O) groups excluding carboxylic acids is 2. The topological polar surface area (TPSA) is 50.3 Å². The number of rotatable bonds is 4. The van der Waals surface area contributed by atoms with Crippen LogP contribution in [0.3, 0.4) is 0 Å². The molecule has 0 saturated carbocycles. The molecule has 1 amide bonds. The van der Waals surface area contributed by atoms with Crippen molar-refractivity contribution in [3.05, 3.63) is 76.2 Å². The van der Waals surface area contributed by atoms with Crippen LogP contribution >= 0.6 is 11.6 Å². The largest absolute Gasteiger partial charge is 0.336 e. The van der Waals surface area contributed by atoms with Gasteiger partial charge in [-0.05, 0) is 72.7 Å². The van der Waals surface area contributed by atoms with Crippen LogP contribution in [-0.2, 0) is 16.0 Å². The molecule has 1 aromatic heterocycles. The number of pyridine rings is 1. The van der Waals surface area contributed by atoms with Crippen LogP contribution in [0.2, 0.25) is 5.02 Å². The lowest BCUT2D eigenvalue weighted by atomic mass is 9.87. The van der Waals surface area contributed by atoms with E-state index in [-0.39, 0.29) is 18.2 Å². The zero-order valence-electron chi connectivity index (χ0n) is 16.7. The highest BCUT2D eigenvalue weighted by atomic mass is 35.5. The van der Waals surface area contributed by atoms with Crippen molar-refractivity contribution in [2.75, 3.05) is 13.1 Å². The lowest BCUT2D eigenvalue weighted by Gasteiger charge is -2.32. The molecule has 0 N–H and O–H groups in total. The summed E-state index contributed by atoms with van der Waals surface area (Å²) >= 11 is 6.12. The van der Waals surface area contributed by atoms with Crippen molar-refractivity contribution in [3.8, 4) is 0 Å². The Labute approximate surface area is 179 Å². The summed E-state index contributed by atoms with van der Waals surface area (Å²) in [6, 6.07) is 12.0. The van der Waals surface area contributed by atoms with E-state index >= 15 is 0 Å². The molecule has 0 aliphatic carbocycles. The number of hydrogen-bond donors (Lipinski definition) is 0. The van der Waals surface area contributed by atoms with E-state index < -0.39 is 11.7 Å². The second-order valence-electron chi connectivity index (χ2n) is 7.81. The van der Waals surface area contributed by atoms with Crippen molar-refractivity contribution in [3.63, 3.8) is 0 Å². The predicted molar refractivity (Wildman–Crippen MR) is 115 cm³/mol. The average molecular weight is 425 g/mol. The number of halogens is 2. The fourth-order valence-electron chi connectivity index (χ4n) is 4.07. The Morgan fingerprint density at radius 2 is 1.90 bits per heavy atom. The molecule has 0 bridgehead atoms. The number of aromatic nitrogens is 1. The third kappa shape index (κ3) is 4.21. The van der Waals surface area contributed by atoms with Gasteiger partial charge in [0.2, 0.25) is 5.78 Å². The molecular formula is C24H22ClFN2O2. The van der Waals surface area contributed by atoms with Gasteiger partial charge in [0.15, 0.2) is 0 Å². The van der Waals surface area contributed by atoms with E-state index in [1.54, 1.807) is 23.2 Å². The first kappa shape index (κ1) is 20.5. The maximum absolute atomic E-state index is 13.7. The van der Waals surface area contributed by atoms with E-state index in [2.05, 4.69) is 4.98 Å². The molecule has 154 valence electrons. The summed E-state index contributed by atoms with van der Waals surface area (Å²) < 4.78 is 13.7. The molecule has 1 saturated heterocycles. The molecule has 1 fully saturated rings. The summed E-state index contributed by atoms with van der Waals surface area (Å²) in [5, 5.41) is 1.41. The minimum absolute atomic E-state index is 0.0486. The van der Waals surface area contributed by atoms with Crippen molar-refractivity contribution in [1.82, 2.24) is 9.88 Å². The van der Waals surface area contributed by atoms with Gasteiger partial charge >= 0.3 is 0 Å². The summed E-state index contributed by atoms with van der Waals surface area (Å²) in [6.07, 6.45) is 3.24.